The van der Waals surface area contributed by atoms with Crippen molar-refractivity contribution in [3.63, 3.8) is 0 Å². The second-order valence-corrected chi connectivity index (χ2v) is 4.72. The van der Waals surface area contributed by atoms with Crippen LogP contribution >= 0.6 is 11.6 Å². The van der Waals surface area contributed by atoms with Crippen LogP contribution in [0.3, 0.4) is 0 Å². The number of ether oxygens (including phenoxy) is 1. The van der Waals surface area contributed by atoms with Gasteiger partial charge in [-0.15, -0.1) is 0 Å². The predicted molar refractivity (Wildman–Crippen MR) is 77.4 cm³/mol. The molecule has 0 aliphatic carbocycles. The Morgan fingerprint density at radius 2 is 2.05 bits per heavy atom. The van der Waals surface area contributed by atoms with Crippen molar-refractivity contribution in [1.29, 1.82) is 0 Å². The summed E-state index contributed by atoms with van der Waals surface area (Å²) in [5, 5.41) is 12.5. The molecular weight excluding hydrogens is 282 g/mol. The van der Waals surface area contributed by atoms with Gasteiger partial charge in [0.05, 0.1) is 23.4 Å². The van der Waals surface area contributed by atoms with Crippen LogP contribution in [-0.4, -0.2) is 30.7 Å². The average molecular weight is 300 g/mol. The number of carbonyl (C=O) groups is 2. The summed E-state index contributed by atoms with van der Waals surface area (Å²) in [5.41, 5.74) is 0.808. The number of aromatic carboxylic acids is 1. The maximum Gasteiger partial charge on any atom is 0.335 e. The number of carboxylic acid groups (broad SMARTS) is 1. The molecule has 0 bridgehead atoms. The van der Waals surface area contributed by atoms with Crippen molar-refractivity contribution in [3.05, 3.63) is 28.8 Å². The van der Waals surface area contributed by atoms with E-state index in [1.54, 1.807) is 6.07 Å². The molecule has 1 aromatic carbocycles. The molecule has 0 amide bonds. The molecule has 2 N–H and O–H groups in total. The number of nitrogens with one attached hydrogen (secondary N) is 1. The van der Waals surface area contributed by atoms with Gasteiger partial charge in [-0.2, -0.15) is 0 Å². The molecule has 20 heavy (non-hydrogen) atoms. The van der Waals surface area contributed by atoms with Gasteiger partial charge in [0, 0.05) is 13.0 Å². The van der Waals surface area contributed by atoms with E-state index in [1.165, 1.54) is 19.2 Å². The molecule has 0 saturated heterocycles. The Bertz CT molecular complexity index is 476. The second-order valence-electron chi connectivity index (χ2n) is 4.31. The number of esters is 1. The number of hydrogen-bond donors (Lipinski definition) is 2. The number of unbranched alkanes of at least 4 members (excludes halogenated alkanes) is 2. The van der Waals surface area contributed by atoms with E-state index in [0.29, 0.717) is 23.7 Å². The van der Waals surface area contributed by atoms with Crippen LogP contribution in [0.5, 0.6) is 0 Å². The summed E-state index contributed by atoms with van der Waals surface area (Å²) in [6.07, 6.45) is 2.95. The van der Waals surface area contributed by atoms with Gasteiger partial charge in [-0.25, -0.2) is 4.79 Å². The summed E-state index contributed by atoms with van der Waals surface area (Å²) in [5.74, 6) is -1.18. The maximum absolute atomic E-state index is 10.9. The summed E-state index contributed by atoms with van der Waals surface area (Å²) in [4.78, 5) is 21.8. The Balaban J connectivity index is 2.33. The number of methoxy groups -OCH3 is 1. The van der Waals surface area contributed by atoms with Crippen LogP contribution in [0.15, 0.2) is 18.2 Å². The lowest BCUT2D eigenvalue weighted by Gasteiger charge is -2.09. The van der Waals surface area contributed by atoms with Crippen molar-refractivity contribution < 1.29 is 19.4 Å². The fourth-order valence-electron chi connectivity index (χ4n) is 1.69. The van der Waals surface area contributed by atoms with Gasteiger partial charge in [-0.3, -0.25) is 4.79 Å². The lowest BCUT2D eigenvalue weighted by molar-refractivity contribution is -0.140. The Labute approximate surface area is 122 Å². The van der Waals surface area contributed by atoms with Gasteiger partial charge in [-0.1, -0.05) is 18.0 Å². The number of anilines is 1. The first-order chi connectivity index (χ1) is 9.54. The summed E-state index contributed by atoms with van der Waals surface area (Å²) in [6.45, 7) is 0.671. The minimum atomic E-state index is -0.984. The third-order valence-electron chi connectivity index (χ3n) is 2.81. The fourth-order valence-corrected chi connectivity index (χ4v) is 1.87. The number of carbonyl (C=O) groups excluding carboxylic acids is 1. The first-order valence-corrected chi connectivity index (χ1v) is 6.76. The second kappa shape index (κ2) is 8.43. The highest BCUT2D eigenvalue weighted by Gasteiger charge is 2.06. The quantitative estimate of drug-likeness (QED) is 0.569. The van der Waals surface area contributed by atoms with Gasteiger partial charge in [-0.05, 0) is 31.0 Å². The summed E-state index contributed by atoms with van der Waals surface area (Å²) in [7, 11) is 1.38. The molecular formula is C14H18ClNO4. The Hall–Kier alpha value is -1.75. The highest BCUT2D eigenvalue weighted by molar-refractivity contribution is 6.33. The van der Waals surface area contributed by atoms with Crippen LogP contribution in [-0.2, 0) is 9.53 Å². The lowest BCUT2D eigenvalue weighted by atomic mass is 10.1. The molecule has 0 aliphatic heterocycles. The minimum Gasteiger partial charge on any atom is -0.478 e. The first kappa shape index (κ1) is 16.3. The molecule has 1 aromatic rings. The molecule has 0 heterocycles. The van der Waals surface area contributed by atoms with E-state index in [-0.39, 0.29) is 11.5 Å². The molecule has 5 nitrogen and oxygen atoms in total. The minimum absolute atomic E-state index is 0.197. The number of halogens is 1. The molecule has 1 rings (SSSR count). The van der Waals surface area contributed by atoms with Crippen molar-refractivity contribution in [2.45, 2.75) is 25.7 Å². The normalized spacial score (nSPS) is 10.1. The summed E-state index contributed by atoms with van der Waals surface area (Å²) in [6, 6.07) is 4.54. The number of hydrogen-bond acceptors (Lipinski definition) is 4. The summed E-state index contributed by atoms with van der Waals surface area (Å²) < 4.78 is 4.55. The van der Waals surface area contributed by atoms with Gasteiger partial charge >= 0.3 is 11.9 Å². The Kier molecular flexibility index (Phi) is 6.87. The Morgan fingerprint density at radius 3 is 2.70 bits per heavy atom. The molecule has 0 aromatic heterocycles. The zero-order valence-electron chi connectivity index (χ0n) is 11.3. The molecule has 0 saturated carbocycles. The van der Waals surface area contributed by atoms with Gasteiger partial charge in [0.1, 0.15) is 0 Å². The first-order valence-electron chi connectivity index (χ1n) is 6.38. The third kappa shape index (κ3) is 5.48. The van der Waals surface area contributed by atoms with Crippen LogP contribution in [0.25, 0.3) is 0 Å². The van der Waals surface area contributed by atoms with E-state index in [4.69, 9.17) is 16.7 Å². The van der Waals surface area contributed by atoms with E-state index < -0.39 is 5.97 Å². The topological polar surface area (TPSA) is 75.6 Å². The lowest BCUT2D eigenvalue weighted by Crippen LogP contribution is -2.05. The zero-order chi connectivity index (χ0) is 15.0. The maximum atomic E-state index is 10.9. The molecule has 0 radical (unpaired) electrons. The molecule has 110 valence electrons. The third-order valence-corrected chi connectivity index (χ3v) is 3.14. The predicted octanol–water partition coefficient (Wildman–Crippen LogP) is 3.18. The average Bonchev–Trinajstić information content (AvgIpc) is 2.43. The number of benzene rings is 1. The molecule has 0 fully saturated rings. The number of rotatable bonds is 8. The van der Waals surface area contributed by atoms with Crippen molar-refractivity contribution in [2.24, 2.45) is 0 Å². The monoisotopic (exact) mass is 299 g/mol. The highest BCUT2D eigenvalue weighted by Crippen LogP contribution is 2.23. The van der Waals surface area contributed by atoms with Gasteiger partial charge in [0.15, 0.2) is 0 Å². The van der Waals surface area contributed by atoms with Crippen molar-refractivity contribution in [3.8, 4) is 0 Å². The van der Waals surface area contributed by atoms with Crippen molar-refractivity contribution >= 4 is 29.2 Å². The fraction of sp³-hybridized carbons (Fsp3) is 0.429. The number of carboxylic acids is 1. The molecule has 6 heteroatoms. The summed E-state index contributed by atoms with van der Waals surface area (Å²) >= 11 is 5.98. The van der Waals surface area contributed by atoms with Crippen LogP contribution in [0.2, 0.25) is 5.02 Å². The van der Waals surface area contributed by atoms with Crippen LogP contribution in [0, 0.1) is 0 Å². The van der Waals surface area contributed by atoms with Crippen molar-refractivity contribution in [1.82, 2.24) is 0 Å². The highest BCUT2D eigenvalue weighted by atomic mass is 35.5. The van der Waals surface area contributed by atoms with Gasteiger partial charge in [0.25, 0.3) is 0 Å². The van der Waals surface area contributed by atoms with Gasteiger partial charge < -0.3 is 15.2 Å². The van der Waals surface area contributed by atoms with Gasteiger partial charge in [0.2, 0.25) is 0 Å². The SMILES string of the molecule is COC(=O)CCCCCNc1cc(C(=O)O)ccc1Cl. The van der Waals surface area contributed by atoms with Crippen LogP contribution in [0.1, 0.15) is 36.0 Å². The van der Waals surface area contributed by atoms with Crippen molar-refractivity contribution in [2.75, 3.05) is 19.0 Å². The standard InChI is InChI=1S/C14H18ClNO4/c1-20-13(17)5-3-2-4-8-16-12-9-10(14(18)19)6-7-11(12)15/h6-7,9,16H,2-5,8H2,1H3,(H,18,19). The van der Waals surface area contributed by atoms with E-state index in [0.717, 1.165) is 19.3 Å². The molecule has 0 atom stereocenters. The molecule has 0 unspecified atom stereocenters. The Morgan fingerprint density at radius 1 is 1.30 bits per heavy atom. The zero-order valence-corrected chi connectivity index (χ0v) is 12.1. The van der Waals surface area contributed by atoms with E-state index in [9.17, 15) is 9.59 Å². The molecule has 0 aliphatic rings. The van der Waals surface area contributed by atoms with Crippen LogP contribution < -0.4 is 5.32 Å². The van der Waals surface area contributed by atoms with E-state index >= 15 is 0 Å². The molecule has 0 spiro atoms. The largest absolute Gasteiger partial charge is 0.478 e. The van der Waals surface area contributed by atoms with E-state index in [1.807, 2.05) is 0 Å². The van der Waals surface area contributed by atoms with E-state index in [2.05, 4.69) is 10.1 Å². The van der Waals surface area contributed by atoms with Crippen LogP contribution in [0.4, 0.5) is 5.69 Å². The smallest absolute Gasteiger partial charge is 0.335 e.